The fourth-order valence-electron chi connectivity index (χ4n) is 3.33. The molecular weight excluding hydrogens is 487 g/mol. The van der Waals surface area contributed by atoms with Gasteiger partial charge < -0.3 is 10.2 Å². The molecule has 0 atom stereocenters. The zero-order valence-corrected chi connectivity index (χ0v) is 18.5. The third-order valence-electron chi connectivity index (χ3n) is 4.97. The Labute approximate surface area is 197 Å². The molecule has 0 aliphatic carbocycles. The Morgan fingerprint density at radius 3 is 2.11 bits per heavy atom. The summed E-state index contributed by atoms with van der Waals surface area (Å²) in [6.45, 7) is -0.310. The van der Waals surface area contributed by atoms with Crippen LogP contribution in [0.2, 0.25) is 0 Å². The summed E-state index contributed by atoms with van der Waals surface area (Å²) in [7, 11) is -4.69. The Morgan fingerprint density at radius 1 is 0.971 bits per heavy atom. The second-order valence-corrected chi connectivity index (χ2v) is 8.65. The Bertz CT molecular complexity index is 1480. The normalized spacial score (nSPS) is 11.4. The third kappa shape index (κ3) is 5.03. The van der Waals surface area contributed by atoms with Crippen LogP contribution in [0.25, 0.3) is 22.8 Å². The summed E-state index contributed by atoms with van der Waals surface area (Å²) in [5.41, 5.74) is 5.12. The molecule has 35 heavy (non-hydrogen) atoms. The van der Waals surface area contributed by atoms with Crippen molar-refractivity contribution in [2.24, 2.45) is 5.73 Å². The van der Waals surface area contributed by atoms with Crippen LogP contribution in [0, 0.1) is 17.5 Å². The molecule has 3 N–H and O–H groups in total. The van der Waals surface area contributed by atoms with Gasteiger partial charge in [-0.25, -0.2) is 22.5 Å². The number of carbonyl (C=O) groups excluding carboxylic acids is 1. The lowest BCUT2D eigenvalue weighted by atomic mass is 10.1. The predicted octanol–water partition coefficient (Wildman–Crippen LogP) is 4.33. The minimum absolute atomic E-state index is 0.0285. The molecule has 12 heteroatoms. The Balaban J connectivity index is 1.68. The second kappa shape index (κ2) is 9.24. The number of hydrogen-bond acceptors (Lipinski definition) is 5. The van der Waals surface area contributed by atoms with Crippen molar-refractivity contribution in [3.8, 4) is 22.8 Å². The first kappa shape index (κ1) is 24.0. The van der Waals surface area contributed by atoms with Crippen LogP contribution in [-0.4, -0.2) is 23.9 Å². The van der Waals surface area contributed by atoms with Crippen molar-refractivity contribution in [1.82, 2.24) is 4.98 Å². The number of rotatable bonds is 7. The van der Waals surface area contributed by atoms with E-state index in [1.807, 2.05) is 0 Å². The number of aromatic nitrogens is 1. The van der Waals surface area contributed by atoms with Gasteiger partial charge in [-0.2, -0.15) is 8.42 Å². The number of anilines is 1. The topological polar surface area (TPSA) is 127 Å². The van der Waals surface area contributed by atoms with E-state index in [9.17, 15) is 30.9 Å². The summed E-state index contributed by atoms with van der Waals surface area (Å²) < 4.78 is 81.0. The van der Waals surface area contributed by atoms with Crippen LogP contribution >= 0.6 is 0 Å². The van der Waals surface area contributed by atoms with Crippen molar-refractivity contribution < 1.29 is 35.4 Å². The van der Waals surface area contributed by atoms with Gasteiger partial charge in [0.25, 0.3) is 5.91 Å². The quantitative estimate of drug-likeness (QED) is 0.362. The molecule has 0 fully saturated rings. The number of halogens is 3. The molecule has 0 saturated carbocycles. The van der Waals surface area contributed by atoms with Gasteiger partial charge in [-0.3, -0.25) is 9.35 Å². The fraction of sp³-hybridized carbons (Fsp3) is 0.0435. The average molecular weight is 503 g/mol. The summed E-state index contributed by atoms with van der Waals surface area (Å²) in [6.07, 6.45) is 0. The van der Waals surface area contributed by atoms with Gasteiger partial charge >= 0.3 is 10.3 Å². The van der Waals surface area contributed by atoms with Crippen LogP contribution in [0.1, 0.15) is 16.1 Å². The minimum Gasteiger partial charge on any atom is -0.435 e. The van der Waals surface area contributed by atoms with Crippen molar-refractivity contribution in [2.45, 2.75) is 6.54 Å². The number of primary amides is 1. The Morgan fingerprint density at radius 2 is 1.57 bits per heavy atom. The van der Waals surface area contributed by atoms with E-state index >= 15 is 0 Å². The zero-order valence-electron chi connectivity index (χ0n) is 17.7. The van der Waals surface area contributed by atoms with Gasteiger partial charge in [0, 0.05) is 5.56 Å². The molecule has 4 aromatic rings. The first-order chi connectivity index (χ1) is 16.5. The first-order valence-electron chi connectivity index (χ1n) is 9.89. The molecular formula is C23H16F3N3O5S. The van der Waals surface area contributed by atoms with Gasteiger partial charge in [0.2, 0.25) is 5.89 Å². The summed E-state index contributed by atoms with van der Waals surface area (Å²) in [5.74, 6) is -4.11. The number of hydrogen-bond donors (Lipinski definition) is 2. The van der Waals surface area contributed by atoms with Crippen LogP contribution in [0.15, 0.2) is 71.1 Å². The number of nitrogens with two attached hydrogens (primary N) is 1. The highest BCUT2D eigenvalue weighted by molar-refractivity contribution is 7.87. The molecule has 0 aliphatic rings. The van der Waals surface area contributed by atoms with E-state index in [0.717, 1.165) is 30.3 Å². The zero-order chi connectivity index (χ0) is 25.3. The second-order valence-electron chi connectivity index (χ2n) is 7.32. The van der Waals surface area contributed by atoms with Crippen LogP contribution in [0.3, 0.4) is 0 Å². The summed E-state index contributed by atoms with van der Waals surface area (Å²) in [5, 5.41) is 0. The highest BCUT2D eigenvalue weighted by Crippen LogP contribution is 2.33. The molecule has 0 radical (unpaired) electrons. The SMILES string of the molecule is NC(=O)c1nc(-c2c(F)cccc2F)oc1-c1ccc(CN(c2ccc(F)cc2)S(=O)(=O)O)cc1. The van der Waals surface area contributed by atoms with Gasteiger partial charge in [-0.1, -0.05) is 30.3 Å². The molecule has 1 heterocycles. The molecule has 0 unspecified atom stereocenters. The van der Waals surface area contributed by atoms with E-state index in [1.54, 1.807) is 0 Å². The molecule has 4 rings (SSSR count). The van der Waals surface area contributed by atoms with Gasteiger partial charge in [-0.15, -0.1) is 0 Å². The molecule has 180 valence electrons. The smallest absolute Gasteiger partial charge is 0.360 e. The molecule has 0 spiro atoms. The molecule has 0 bridgehead atoms. The van der Waals surface area contributed by atoms with Crippen molar-refractivity contribution >= 4 is 21.9 Å². The van der Waals surface area contributed by atoms with E-state index in [2.05, 4.69) is 4.98 Å². The largest absolute Gasteiger partial charge is 0.435 e. The van der Waals surface area contributed by atoms with Crippen LogP contribution in [0.4, 0.5) is 18.9 Å². The van der Waals surface area contributed by atoms with E-state index in [1.165, 1.54) is 36.4 Å². The first-order valence-corrected chi connectivity index (χ1v) is 11.3. The number of amides is 1. The fourth-order valence-corrected chi connectivity index (χ4v) is 4.03. The van der Waals surface area contributed by atoms with Gasteiger partial charge in [0.05, 0.1) is 12.2 Å². The van der Waals surface area contributed by atoms with Crippen LogP contribution in [0.5, 0.6) is 0 Å². The van der Waals surface area contributed by atoms with Crippen LogP contribution in [-0.2, 0) is 16.8 Å². The third-order valence-corrected chi connectivity index (χ3v) is 5.87. The lowest BCUT2D eigenvalue weighted by molar-refractivity contribution is 0.0996. The minimum atomic E-state index is -4.69. The van der Waals surface area contributed by atoms with E-state index in [0.29, 0.717) is 9.87 Å². The van der Waals surface area contributed by atoms with Gasteiger partial charge in [-0.05, 0) is 42.0 Å². The maximum atomic E-state index is 14.2. The molecule has 1 amide bonds. The summed E-state index contributed by atoms with van der Waals surface area (Å²) in [6, 6.07) is 13.4. The highest BCUT2D eigenvalue weighted by atomic mass is 32.2. The van der Waals surface area contributed by atoms with Crippen molar-refractivity contribution in [3.05, 3.63) is 95.4 Å². The lowest BCUT2D eigenvalue weighted by Crippen LogP contribution is -2.29. The summed E-state index contributed by atoms with van der Waals surface area (Å²) in [4.78, 5) is 15.8. The van der Waals surface area contributed by atoms with Gasteiger partial charge in [0.15, 0.2) is 11.5 Å². The average Bonchev–Trinajstić information content (AvgIpc) is 3.23. The van der Waals surface area contributed by atoms with Gasteiger partial charge in [0.1, 0.15) is 23.0 Å². The monoisotopic (exact) mass is 503 g/mol. The van der Waals surface area contributed by atoms with E-state index in [-0.39, 0.29) is 29.2 Å². The maximum absolute atomic E-state index is 14.2. The van der Waals surface area contributed by atoms with Crippen molar-refractivity contribution in [2.75, 3.05) is 4.31 Å². The number of nitrogens with zero attached hydrogens (tertiary/aromatic N) is 2. The molecule has 8 nitrogen and oxygen atoms in total. The predicted molar refractivity (Wildman–Crippen MR) is 120 cm³/mol. The molecule has 0 saturated heterocycles. The van der Waals surface area contributed by atoms with Crippen molar-refractivity contribution in [1.29, 1.82) is 0 Å². The molecule has 3 aromatic carbocycles. The number of benzene rings is 3. The number of carbonyl (C=O) groups is 1. The van der Waals surface area contributed by atoms with Crippen LogP contribution < -0.4 is 10.0 Å². The van der Waals surface area contributed by atoms with E-state index in [4.69, 9.17) is 10.2 Å². The maximum Gasteiger partial charge on any atom is 0.360 e. The van der Waals surface area contributed by atoms with E-state index < -0.39 is 45.1 Å². The Hall–Kier alpha value is -4.16. The standard InChI is InChI=1S/C23H16F3N3O5S/c24-15-8-10-16(11-9-15)29(35(31,32)33)12-13-4-6-14(7-5-13)21-20(22(27)30)28-23(34-21)19-17(25)2-1-3-18(19)26/h1-11H,12H2,(H2,27,30)(H,31,32,33). The lowest BCUT2D eigenvalue weighted by Gasteiger charge is -2.21. The summed E-state index contributed by atoms with van der Waals surface area (Å²) >= 11 is 0. The highest BCUT2D eigenvalue weighted by Gasteiger charge is 2.25. The molecule has 1 aromatic heterocycles. The Kier molecular flexibility index (Phi) is 6.33. The number of oxazole rings is 1. The van der Waals surface area contributed by atoms with Crippen molar-refractivity contribution in [3.63, 3.8) is 0 Å². The molecule has 0 aliphatic heterocycles.